The van der Waals surface area contributed by atoms with E-state index in [1.54, 1.807) is 17.0 Å². The minimum absolute atomic E-state index is 0.0207. The molecule has 0 aromatic heterocycles. The second kappa shape index (κ2) is 6.74. The molecule has 0 atom stereocenters. The number of fused-ring (bicyclic) bond motifs is 1. The summed E-state index contributed by atoms with van der Waals surface area (Å²) in [6, 6.07) is 5.16. The van der Waals surface area contributed by atoms with Crippen molar-refractivity contribution < 1.29 is 23.9 Å². The first kappa shape index (κ1) is 16.5. The van der Waals surface area contributed by atoms with E-state index < -0.39 is 0 Å². The lowest BCUT2D eigenvalue weighted by atomic mass is 10.2. The number of rotatable bonds is 3. The smallest absolute Gasteiger partial charge is 0.325 e. The Bertz CT molecular complexity index is 753. The number of carbonyl (C=O) groups is 3. The number of nitrogens with one attached hydrogen (secondary N) is 1. The third kappa shape index (κ3) is 3.12. The van der Waals surface area contributed by atoms with Crippen LogP contribution in [-0.2, 0) is 9.59 Å². The van der Waals surface area contributed by atoms with Crippen LogP contribution in [0.15, 0.2) is 18.2 Å². The molecule has 138 valence electrons. The van der Waals surface area contributed by atoms with Gasteiger partial charge in [0.05, 0.1) is 6.54 Å². The van der Waals surface area contributed by atoms with Crippen molar-refractivity contribution in [2.24, 2.45) is 0 Å². The minimum atomic E-state index is -0.225. The molecule has 0 spiro atoms. The summed E-state index contributed by atoms with van der Waals surface area (Å²) >= 11 is 0. The van der Waals surface area contributed by atoms with E-state index in [0.29, 0.717) is 56.6 Å². The molecule has 26 heavy (non-hydrogen) atoms. The van der Waals surface area contributed by atoms with Crippen molar-refractivity contribution >= 4 is 23.5 Å². The number of anilines is 1. The van der Waals surface area contributed by atoms with Gasteiger partial charge in [-0.05, 0) is 12.1 Å². The molecular formula is C17H20N4O5. The highest BCUT2D eigenvalue weighted by Crippen LogP contribution is 2.34. The van der Waals surface area contributed by atoms with Crippen LogP contribution in [0.1, 0.15) is 0 Å². The molecule has 4 amide bonds. The van der Waals surface area contributed by atoms with Gasteiger partial charge < -0.3 is 24.6 Å². The van der Waals surface area contributed by atoms with Crippen LogP contribution in [0.5, 0.6) is 11.5 Å². The summed E-state index contributed by atoms with van der Waals surface area (Å²) in [7, 11) is 0. The van der Waals surface area contributed by atoms with E-state index >= 15 is 0 Å². The van der Waals surface area contributed by atoms with Crippen LogP contribution in [0.2, 0.25) is 0 Å². The first-order valence-corrected chi connectivity index (χ1v) is 8.62. The molecule has 1 aromatic carbocycles. The number of urea groups is 1. The van der Waals surface area contributed by atoms with Crippen LogP contribution < -0.4 is 19.7 Å². The Morgan fingerprint density at radius 3 is 2.69 bits per heavy atom. The molecule has 3 heterocycles. The number of ether oxygens (including phenoxy) is 2. The molecule has 1 N–H and O–H groups in total. The number of hydrogen-bond acceptors (Lipinski definition) is 5. The van der Waals surface area contributed by atoms with Crippen LogP contribution in [0.4, 0.5) is 10.5 Å². The van der Waals surface area contributed by atoms with Gasteiger partial charge in [-0.25, -0.2) is 4.79 Å². The Hall–Kier alpha value is -2.97. The maximum Gasteiger partial charge on any atom is 0.325 e. The quantitative estimate of drug-likeness (QED) is 0.796. The summed E-state index contributed by atoms with van der Waals surface area (Å²) in [6.07, 6.45) is 0. The molecular weight excluding hydrogens is 340 g/mol. The topological polar surface area (TPSA) is 91.4 Å². The monoisotopic (exact) mass is 360 g/mol. The largest absolute Gasteiger partial charge is 0.486 e. The zero-order chi connectivity index (χ0) is 18.1. The maximum atomic E-state index is 12.7. The molecule has 0 saturated carbocycles. The van der Waals surface area contributed by atoms with E-state index in [4.69, 9.17) is 9.47 Å². The van der Waals surface area contributed by atoms with Gasteiger partial charge in [-0.3, -0.25) is 14.5 Å². The van der Waals surface area contributed by atoms with Crippen LogP contribution in [0.25, 0.3) is 0 Å². The highest BCUT2D eigenvalue weighted by molar-refractivity contribution is 5.97. The van der Waals surface area contributed by atoms with Gasteiger partial charge >= 0.3 is 6.03 Å². The predicted molar refractivity (Wildman–Crippen MR) is 91.3 cm³/mol. The van der Waals surface area contributed by atoms with Gasteiger partial charge in [0.25, 0.3) is 0 Å². The molecule has 9 heteroatoms. The molecule has 0 radical (unpaired) electrons. The first-order chi connectivity index (χ1) is 12.6. The molecule has 0 aliphatic carbocycles. The zero-order valence-corrected chi connectivity index (χ0v) is 14.3. The minimum Gasteiger partial charge on any atom is -0.486 e. The van der Waals surface area contributed by atoms with E-state index in [0.717, 1.165) is 0 Å². The van der Waals surface area contributed by atoms with E-state index in [-0.39, 0.29) is 30.9 Å². The maximum absolute atomic E-state index is 12.7. The molecule has 4 rings (SSSR count). The van der Waals surface area contributed by atoms with Crippen LogP contribution in [-0.4, -0.2) is 80.1 Å². The summed E-state index contributed by atoms with van der Waals surface area (Å²) in [5, 5.41) is 2.68. The van der Waals surface area contributed by atoms with Crippen molar-refractivity contribution in [3.63, 3.8) is 0 Å². The van der Waals surface area contributed by atoms with Gasteiger partial charge in [0.1, 0.15) is 19.8 Å². The molecule has 2 fully saturated rings. The number of nitrogens with zero attached hydrogens (tertiary/aromatic N) is 3. The van der Waals surface area contributed by atoms with Crippen LogP contribution in [0, 0.1) is 0 Å². The summed E-state index contributed by atoms with van der Waals surface area (Å²) in [5.74, 6) is 0.907. The Morgan fingerprint density at radius 2 is 1.88 bits per heavy atom. The molecule has 3 aliphatic rings. The molecule has 3 aliphatic heterocycles. The first-order valence-electron chi connectivity index (χ1n) is 8.62. The van der Waals surface area contributed by atoms with Crippen molar-refractivity contribution in [2.45, 2.75) is 0 Å². The number of piperazine rings is 1. The molecule has 2 saturated heterocycles. The Kier molecular flexibility index (Phi) is 4.27. The number of amides is 4. The van der Waals surface area contributed by atoms with Gasteiger partial charge in [-0.15, -0.1) is 0 Å². The normalized spacial score (nSPS) is 19.6. The van der Waals surface area contributed by atoms with E-state index in [1.165, 1.54) is 9.80 Å². The Labute approximate surface area is 150 Å². The summed E-state index contributed by atoms with van der Waals surface area (Å²) < 4.78 is 11.1. The molecule has 0 unspecified atom stereocenters. The Balaban J connectivity index is 1.41. The summed E-state index contributed by atoms with van der Waals surface area (Å²) in [4.78, 5) is 41.1. The van der Waals surface area contributed by atoms with Crippen LogP contribution in [0.3, 0.4) is 0 Å². The Morgan fingerprint density at radius 1 is 1.08 bits per heavy atom. The zero-order valence-electron chi connectivity index (χ0n) is 14.3. The summed E-state index contributed by atoms with van der Waals surface area (Å²) in [6.45, 7) is 2.89. The fourth-order valence-electron chi connectivity index (χ4n) is 3.28. The molecule has 9 nitrogen and oxygen atoms in total. The van der Waals surface area contributed by atoms with E-state index in [2.05, 4.69) is 5.32 Å². The lowest BCUT2D eigenvalue weighted by molar-refractivity contribution is -0.138. The molecule has 0 bridgehead atoms. The number of hydrogen-bond donors (Lipinski definition) is 1. The van der Waals surface area contributed by atoms with E-state index in [9.17, 15) is 14.4 Å². The van der Waals surface area contributed by atoms with Gasteiger partial charge in [-0.1, -0.05) is 0 Å². The standard InChI is InChI=1S/C17H20N4O5/c22-15-10-19(4-3-18-15)16(23)11-20-5-6-21(17(20)24)12-1-2-13-14(9-12)26-8-7-25-13/h1-2,9H,3-8,10-11H2,(H,18,22). The third-order valence-corrected chi connectivity index (χ3v) is 4.65. The van der Waals surface area contributed by atoms with Crippen LogP contribution >= 0.6 is 0 Å². The SMILES string of the molecule is O=C1CN(C(=O)CN2CCN(c3ccc4c(c3)OCCO4)C2=O)CCN1. The van der Waals surface area contributed by atoms with E-state index in [1.807, 2.05) is 6.07 Å². The van der Waals surface area contributed by atoms with Crippen molar-refractivity contribution in [3.05, 3.63) is 18.2 Å². The fraction of sp³-hybridized carbons (Fsp3) is 0.471. The lowest BCUT2D eigenvalue weighted by Gasteiger charge is -2.28. The average molecular weight is 360 g/mol. The second-order valence-electron chi connectivity index (χ2n) is 6.35. The highest BCUT2D eigenvalue weighted by Gasteiger charge is 2.33. The molecule has 1 aromatic rings. The van der Waals surface area contributed by atoms with Gasteiger partial charge in [0, 0.05) is 37.9 Å². The highest BCUT2D eigenvalue weighted by atomic mass is 16.6. The van der Waals surface area contributed by atoms with Crippen molar-refractivity contribution in [2.75, 3.05) is 57.4 Å². The van der Waals surface area contributed by atoms with Gasteiger partial charge in [-0.2, -0.15) is 0 Å². The second-order valence-corrected chi connectivity index (χ2v) is 6.35. The number of benzene rings is 1. The average Bonchev–Trinajstić information content (AvgIpc) is 3.02. The fourth-order valence-corrected chi connectivity index (χ4v) is 3.28. The summed E-state index contributed by atoms with van der Waals surface area (Å²) in [5.41, 5.74) is 0.714. The number of carbonyl (C=O) groups excluding carboxylic acids is 3. The lowest BCUT2D eigenvalue weighted by Crippen LogP contribution is -2.52. The van der Waals surface area contributed by atoms with Crippen molar-refractivity contribution in [3.8, 4) is 11.5 Å². The van der Waals surface area contributed by atoms with Gasteiger partial charge in [0.2, 0.25) is 11.8 Å². The van der Waals surface area contributed by atoms with Crippen molar-refractivity contribution in [1.82, 2.24) is 15.1 Å². The van der Waals surface area contributed by atoms with Gasteiger partial charge in [0.15, 0.2) is 11.5 Å². The van der Waals surface area contributed by atoms with Crippen molar-refractivity contribution in [1.29, 1.82) is 0 Å². The third-order valence-electron chi connectivity index (χ3n) is 4.65. The predicted octanol–water partition coefficient (Wildman–Crippen LogP) is -0.342.